The van der Waals surface area contributed by atoms with E-state index < -0.39 is 37.5 Å². The van der Waals surface area contributed by atoms with Crippen molar-refractivity contribution in [1.29, 1.82) is 0 Å². The maximum atomic E-state index is 12.5. The largest absolute Gasteiger partial charge is 0.481 e. The van der Waals surface area contributed by atoms with E-state index in [9.17, 15) is 26.4 Å². The van der Waals surface area contributed by atoms with E-state index >= 15 is 0 Å². The molecular weight excluding hydrogens is 586 g/mol. The molecule has 0 fully saturated rings. The highest BCUT2D eigenvalue weighted by Crippen LogP contribution is 2.22. The van der Waals surface area contributed by atoms with Crippen molar-refractivity contribution in [2.75, 3.05) is 0 Å². The van der Waals surface area contributed by atoms with Gasteiger partial charge in [0.15, 0.2) is 0 Å². The highest BCUT2D eigenvalue weighted by Gasteiger charge is 2.24. The van der Waals surface area contributed by atoms with Gasteiger partial charge in [-0.2, -0.15) is 0 Å². The Morgan fingerprint density at radius 3 is 1.56 bits per heavy atom. The number of aldehydes is 1. The summed E-state index contributed by atoms with van der Waals surface area (Å²) in [6.45, 7) is 0. The number of hydrogen-bond acceptors (Lipinski definition) is 6. The second-order valence-electron chi connectivity index (χ2n) is 8.94. The number of benzene rings is 4. The van der Waals surface area contributed by atoms with E-state index in [4.69, 9.17) is 15.8 Å². The fraction of sp³-hybridized carbons (Fsp3) is 0.133. The van der Waals surface area contributed by atoms with Gasteiger partial charge >= 0.3 is 5.97 Å². The lowest BCUT2D eigenvalue weighted by molar-refractivity contribution is -0.138. The van der Waals surface area contributed by atoms with Crippen molar-refractivity contribution in [3.8, 4) is 0 Å². The number of carboxylic acid groups (broad SMARTS) is 1. The summed E-state index contributed by atoms with van der Waals surface area (Å²) in [6, 6.07) is 31.0. The zero-order chi connectivity index (χ0) is 29.9. The molecule has 2 N–H and O–H groups in total. The number of carboxylic acids is 1. The highest BCUT2D eigenvalue weighted by molar-refractivity contribution is 8.13. The third kappa shape index (κ3) is 9.94. The van der Waals surface area contributed by atoms with Crippen molar-refractivity contribution in [3.63, 3.8) is 0 Å². The van der Waals surface area contributed by atoms with E-state index in [1.807, 2.05) is 66.7 Å². The van der Waals surface area contributed by atoms with Gasteiger partial charge in [-0.1, -0.05) is 97.1 Å². The van der Waals surface area contributed by atoms with E-state index in [2.05, 4.69) is 4.72 Å². The first-order valence-electron chi connectivity index (χ1n) is 12.4. The number of nitrogens with one attached hydrogen (secondary N) is 1. The van der Waals surface area contributed by atoms with Crippen LogP contribution in [0.4, 0.5) is 0 Å². The molecule has 0 spiro atoms. The van der Waals surface area contributed by atoms with Crippen LogP contribution in [0.5, 0.6) is 0 Å². The number of hydrogen-bond donors (Lipinski definition) is 2. The number of aliphatic carboxylic acids is 1. The molecule has 214 valence electrons. The van der Waals surface area contributed by atoms with Gasteiger partial charge in [0.05, 0.1) is 22.3 Å². The Morgan fingerprint density at radius 2 is 1.12 bits per heavy atom. The van der Waals surface area contributed by atoms with Crippen LogP contribution in [0.2, 0.25) is 0 Å². The van der Waals surface area contributed by atoms with Crippen LogP contribution in [0.3, 0.4) is 0 Å². The minimum absolute atomic E-state index is 0.0334. The van der Waals surface area contributed by atoms with Crippen molar-refractivity contribution in [2.24, 2.45) is 0 Å². The molecule has 0 bridgehead atoms. The van der Waals surface area contributed by atoms with E-state index in [0.717, 1.165) is 11.1 Å². The fourth-order valence-corrected chi connectivity index (χ4v) is 6.55. The molecule has 1 atom stereocenters. The summed E-state index contributed by atoms with van der Waals surface area (Å²) < 4.78 is 50.0. The minimum Gasteiger partial charge on any atom is -0.481 e. The Balaban J connectivity index is 0.000000239. The van der Waals surface area contributed by atoms with Crippen LogP contribution in [0.1, 0.15) is 28.7 Å². The van der Waals surface area contributed by atoms with E-state index in [1.165, 1.54) is 12.1 Å². The quantitative estimate of drug-likeness (QED) is 0.183. The molecule has 4 rings (SSSR count). The van der Waals surface area contributed by atoms with Gasteiger partial charge in [-0.3, -0.25) is 4.79 Å². The summed E-state index contributed by atoms with van der Waals surface area (Å²) in [4.78, 5) is 21.9. The molecule has 0 aliphatic carbocycles. The molecule has 4 aromatic rings. The van der Waals surface area contributed by atoms with Crippen molar-refractivity contribution in [3.05, 3.63) is 131 Å². The molecule has 0 saturated carbocycles. The standard InChI is InChI=1S/C17H17NO5S.C13H11ClO2S/c19-12-15(11-17(20)21)18-24(22,23)16-9-5-4-8-14(16)10-13-6-2-1-3-7-13;14-17(15,16)13-9-5-4-8-12(13)10-11-6-2-1-3-7-11/h1-9,12,15,18H,10-11H2,(H,20,21);1-9H,10H2. The first-order chi connectivity index (χ1) is 19.5. The Morgan fingerprint density at radius 1 is 0.707 bits per heavy atom. The van der Waals surface area contributed by atoms with Gasteiger partial charge < -0.3 is 9.90 Å². The molecule has 0 saturated heterocycles. The summed E-state index contributed by atoms with van der Waals surface area (Å²) in [5, 5.41) is 8.74. The molecule has 0 heterocycles. The maximum Gasteiger partial charge on any atom is 0.305 e. The summed E-state index contributed by atoms with van der Waals surface area (Å²) in [6.07, 6.45) is 0.640. The van der Waals surface area contributed by atoms with Crippen molar-refractivity contribution >= 4 is 42.0 Å². The average Bonchev–Trinajstić information content (AvgIpc) is 2.94. The summed E-state index contributed by atoms with van der Waals surface area (Å²) in [5.41, 5.74) is 3.28. The predicted molar refractivity (Wildman–Crippen MR) is 157 cm³/mol. The SMILES string of the molecule is O=CC(CC(=O)O)NS(=O)(=O)c1ccccc1Cc1ccccc1.O=S(=O)(Cl)c1ccccc1Cc1ccccc1. The fourth-order valence-electron chi connectivity index (χ4n) is 4.00. The monoisotopic (exact) mass is 613 g/mol. The Labute approximate surface area is 244 Å². The van der Waals surface area contributed by atoms with Gasteiger partial charge in [0.1, 0.15) is 6.29 Å². The zero-order valence-corrected chi connectivity index (χ0v) is 24.1. The van der Waals surface area contributed by atoms with Gasteiger partial charge in [0.2, 0.25) is 10.0 Å². The maximum absolute atomic E-state index is 12.5. The first-order valence-corrected chi connectivity index (χ1v) is 16.2. The number of carbonyl (C=O) groups is 2. The van der Waals surface area contributed by atoms with Crippen LogP contribution >= 0.6 is 10.7 Å². The van der Waals surface area contributed by atoms with Crippen LogP contribution in [-0.2, 0) is 41.5 Å². The molecule has 0 aliphatic heterocycles. The molecule has 0 aliphatic rings. The van der Waals surface area contributed by atoms with Crippen molar-refractivity contribution in [2.45, 2.75) is 35.1 Å². The average molecular weight is 614 g/mol. The predicted octanol–water partition coefficient (Wildman–Crippen LogP) is 4.80. The lowest BCUT2D eigenvalue weighted by atomic mass is 10.1. The Kier molecular flexibility index (Phi) is 11.4. The van der Waals surface area contributed by atoms with Gasteiger partial charge in [0.25, 0.3) is 9.05 Å². The smallest absolute Gasteiger partial charge is 0.305 e. The van der Waals surface area contributed by atoms with Crippen molar-refractivity contribution < 1.29 is 31.5 Å². The molecule has 4 aromatic carbocycles. The highest BCUT2D eigenvalue weighted by atomic mass is 35.7. The van der Waals surface area contributed by atoms with Gasteiger partial charge in [-0.25, -0.2) is 21.6 Å². The van der Waals surface area contributed by atoms with E-state index in [1.54, 1.807) is 30.3 Å². The van der Waals surface area contributed by atoms with Crippen LogP contribution in [-0.4, -0.2) is 40.2 Å². The topological polar surface area (TPSA) is 135 Å². The zero-order valence-electron chi connectivity index (χ0n) is 21.8. The third-order valence-corrected chi connectivity index (χ3v) is 8.85. The normalized spacial score (nSPS) is 12.0. The Hall–Kier alpha value is -3.83. The number of carbonyl (C=O) groups excluding carboxylic acids is 1. The van der Waals surface area contributed by atoms with E-state index in [0.29, 0.717) is 24.0 Å². The van der Waals surface area contributed by atoms with Crippen LogP contribution < -0.4 is 4.72 Å². The second kappa shape index (κ2) is 14.7. The van der Waals surface area contributed by atoms with Crippen molar-refractivity contribution in [1.82, 2.24) is 4.72 Å². The van der Waals surface area contributed by atoms with Gasteiger partial charge in [-0.15, -0.1) is 0 Å². The lowest BCUT2D eigenvalue weighted by Crippen LogP contribution is -2.38. The second-order valence-corrected chi connectivity index (χ2v) is 13.2. The molecule has 11 heteroatoms. The molecule has 41 heavy (non-hydrogen) atoms. The van der Waals surface area contributed by atoms with Crippen LogP contribution in [0.15, 0.2) is 119 Å². The summed E-state index contributed by atoms with van der Waals surface area (Å²) in [5.74, 6) is -1.26. The molecule has 0 amide bonds. The first kappa shape index (κ1) is 31.7. The molecule has 0 radical (unpaired) electrons. The van der Waals surface area contributed by atoms with Gasteiger partial charge in [-0.05, 0) is 47.2 Å². The summed E-state index contributed by atoms with van der Waals surface area (Å²) >= 11 is 0. The third-order valence-electron chi connectivity index (χ3n) is 5.84. The number of rotatable bonds is 11. The van der Waals surface area contributed by atoms with E-state index in [-0.39, 0.29) is 16.1 Å². The molecule has 8 nitrogen and oxygen atoms in total. The summed E-state index contributed by atoms with van der Waals surface area (Å²) in [7, 11) is -2.29. The van der Waals surface area contributed by atoms with Crippen LogP contribution in [0.25, 0.3) is 0 Å². The number of sulfonamides is 1. The lowest BCUT2D eigenvalue weighted by Gasteiger charge is -2.14. The minimum atomic E-state index is -4.01. The molecule has 1 unspecified atom stereocenters. The number of halogens is 1. The Bertz CT molecular complexity index is 1680. The molecular formula is C30H28ClNO7S2. The van der Waals surface area contributed by atoms with Gasteiger partial charge in [0, 0.05) is 10.7 Å². The van der Waals surface area contributed by atoms with Crippen LogP contribution in [0, 0.1) is 0 Å². The molecule has 0 aromatic heterocycles.